The number of carbonyl (C=O) groups is 1. The Hall–Kier alpha value is -1.54. The molecule has 0 aliphatic rings. The maximum atomic E-state index is 10.4. The highest BCUT2D eigenvalue weighted by Crippen LogP contribution is 2.30. The zero-order valence-corrected chi connectivity index (χ0v) is 12.2. The number of ether oxygens (including phenoxy) is 1. The number of rotatable bonds is 5. The van der Waals surface area contributed by atoms with Crippen molar-refractivity contribution in [3.63, 3.8) is 0 Å². The molecule has 0 saturated heterocycles. The zero-order valence-electron chi connectivity index (χ0n) is 9.79. The standard InChI is InChI=1S/C11H9BrN2O4S/c1-17-8-3-2-6(4-7(8)12)10-13-14-11(18-10)19-5-9(15)16/h2-4H,5H2,1H3,(H,15,16). The van der Waals surface area contributed by atoms with Gasteiger partial charge in [0.05, 0.1) is 11.6 Å². The fourth-order valence-corrected chi connectivity index (χ4v) is 2.33. The Morgan fingerprint density at radius 2 is 2.32 bits per heavy atom. The van der Waals surface area contributed by atoms with Gasteiger partial charge in [0.2, 0.25) is 5.89 Å². The van der Waals surface area contributed by atoms with Crippen molar-refractivity contribution >= 4 is 33.7 Å². The lowest BCUT2D eigenvalue weighted by molar-refractivity contribution is -0.133. The Kier molecular flexibility index (Phi) is 4.43. The largest absolute Gasteiger partial charge is 0.496 e. The molecule has 19 heavy (non-hydrogen) atoms. The van der Waals surface area contributed by atoms with Crippen LogP contribution in [0.2, 0.25) is 0 Å². The SMILES string of the molecule is COc1ccc(-c2nnc(SCC(=O)O)o2)cc1Br. The van der Waals surface area contributed by atoms with Crippen LogP contribution in [0.15, 0.2) is 32.3 Å². The number of aromatic nitrogens is 2. The van der Waals surface area contributed by atoms with Gasteiger partial charge in [-0.15, -0.1) is 10.2 Å². The molecule has 1 N–H and O–H groups in total. The van der Waals surface area contributed by atoms with E-state index in [2.05, 4.69) is 26.1 Å². The molecule has 0 aliphatic heterocycles. The third-order valence-corrected chi connectivity index (χ3v) is 3.55. The first-order valence-electron chi connectivity index (χ1n) is 5.12. The highest BCUT2D eigenvalue weighted by Gasteiger charge is 2.12. The molecule has 0 saturated carbocycles. The van der Waals surface area contributed by atoms with Gasteiger partial charge >= 0.3 is 5.97 Å². The van der Waals surface area contributed by atoms with Gasteiger partial charge in [-0.1, -0.05) is 11.8 Å². The average Bonchev–Trinajstić information content (AvgIpc) is 2.85. The predicted molar refractivity (Wildman–Crippen MR) is 72.3 cm³/mol. The number of halogens is 1. The second-order valence-electron chi connectivity index (χ2n) is 3.40. The van der Waals surface area contributed by atoms with Crippen LogP contribution in [0, 0.1) is 0 Å². The summed E-state index contributed by atoms with van der Waals surface area (Å²) in [6.07, 6.45) is 0. The molecule has 0 fully saturated rings. The smallest absolute Gasteiger partial charge is 0.314 e. The second-order valence-corrected chi connectivity index (χ2v) is 5.19. The highest BCUT2D eigenvalue weighted by atomic mass is 79.9. The Bertz CT molecular complexity index is 602. The minimum atomic E-state index is -0.933. The van der Waals surface area contributed by atoms with E-state index < -0.39 is 5.97 Å². The van der Waals surface area contributed by atoms with E-state index in [4.69, 9.17) is 14.3 Å². The van der Waals surface area contributed by atoms with Gasteiger partial charge in [0.15, 0.2) is 0 Å². The molecule has 1 heterocycles. The van der Waals surface area contributed by atoms with Gasteiger partial charge in [-0.25, -0.2) is 0 Å². The van der Waals surface area contributed by atoms with Crippen LogP contribution in [0.1, 0.15) is 0 Å². The van der Waals surface area contributed by atoms with Gasteiger partial charge < -0.3 is 14.3 Å². The first kappa shape index (κ1) is 13.9. The second kappa shape index (κ2) is 6.07. The molecule has 0 radical (unpaired) electrons. The summed E-state index contributed by atoms with van der Waals surface area (Å²) >= 11 is 4.34. The predicted octanol–water partition coefficient (Wildman–Crippen LogP) is 2.68. The third-order valence-electron chi connectivity index (χ3n) is 2.12. The summed E-state index contributed by atoms with van der Waals surface area (Å²) in [4.78, 5) is 10.4. The lowest BCUT2D eigenvalue weighted by Gasteiger charge is -2.03. The molecule has 8 heteroatoms. The zero-order chi connectivity index (χ0) is 13.8. The number of nitrogens with zero attached hydrogens (tertiary/aromatic N) is 2. The lowest BCUT2D eigenvalue weighted by Crippen LogP contribution is -1.97. The Morgan fingerprint density at radius 3 is 2.95 bits per heavy atom. The molecule has 100 valence electrons. The molecule has 6 nitrogen and oxygen atoms in total. The first-order chi connectivity index (χ1) is 9.10. The van der Waals surface area contributed by atoms with Gasteiger partial charge in [-0.2, -0.15) is 0 Å². The van der Waals surface area contributed by atoms with E-state index in [1.165, 1.54) is 0 Å². The van der Waals surface area contributed by atoms with E-state index in [1.807, 2.05) is 0 Å². The fraction of sp³-hybridized carbons (Fsp3) is 0.182. The van der Waals surface area contributed by atoms with E-state index in [1.54, 1.807) is 25.3 Å². The fourth-order valence-electron chi connectivity index (χ4n) is 1.31. The molecular formula is C11H9BrN2O4S. The number of benzene rings is 1. The number of hydrogen-bond donors (Lipinski definition) is 1. The lowest BCUT2D eigenvalue weighted by atomic mass is 10.2. The summed E-state index contributed by atoms with van der Waals surface area (Å²) in [5, 5.41) is 16.4. The van der Waals surface area contributed by atoms with Crippen molar-refractivity contribution in [2.45, 2.75) is 5.22 Å². The number of carboxylic acid groups (broad SMARTS) is 1. The number of hydrogen-bond acceptors (Lipinski definition) is 6. The number of carboxylic acids is 1. The number of methoxy groups -OCH3 is 1. The molecule has 0 aliphatic carbocycles. The normalized spacial score (nSPS) is 10.4. The topological polar surface area (TPSA) is 85.5 Å². The van der Waals surface area contributed by atoms with Crippen LogP contribution in [0.5, 0.6) is 5.75 Å². The molecule has 1 aromatic carbocycles. The van der Waals surface area contributed by atoms with E-state index in [9.17, 15) is 4.79 Å². The number of thioether (sulfide) groups is 1. The third kappa shape index (κ3) is 3.48. The van der Waals surface area contributed by atoms with Crippen LogP contribution < -0.4 is 4.74 Å². The van der Waals surface area contributed by atoms with Crippen LogP contribution in [0.3, 0.4) is 0 Å². The summed E-state index contributed by atoms with van der Waals surface area (Å²) in [5.41, 5.74) is 0.724. The maximum absolute atomic E-state index is 10.4. The highest BCUT2D eigenvalue weighted by molar-refractivity contribution is 9.10. The Labute approximate surface area is 121 Å². The molecule has 0 bridgehead atoms. The first-order valence-corrected chi connectivity index (χ1v) is 6.90. The molecule has 0 spiro atoms. The van der Waals surface area contributed by atoms with Gasteiger partial charge in [-0.3, -0.25) is 4.79 Å². The summed E-state index contributed by atoms with van der Waals surface area (Å²) in [5.74, 6) is -0.0227. The summed E-state index contributed by atoms with van der Waals surface area (Å²) in [6.45, 7) is 0. The van der Waals surface area contributed by atoms with Gasteiger partial charge in [0.1, 0.15) is 11.5 Å². The summed E-state index contributed by atoms with van der Waals surface area (Å²) < 4.78 is 11.3. The minimum absolute atomic E-state index is 0.117. The van der Waals surface area contributed by atoms with Crippen molar-refractivity contribution in [3.8, 4) is 17.2 Å². The van der Waals surface area contributed by atoms with E-state index in [-0.39, 0.29) is 11.0 Å². The van der Waals surface area contributed by atoms with E-state index in [0.717, 1.165) is 21.8 Å². The summed E-state index contributed by atoms with van der Waals surface area (Å²) in [7, 11) is 1.58. The van der Waals surface area contributed by atoms with Crippen molar-refractivity contribution in [2.24, 2.45) is 0 Å². The van der Waals surface area contributed by atoms with Crippen molar-refractivity contribution < 1.29 is 19.1 Å². The van der Waals surface area contributed by atoms with E-state index in [0.29, 0.717) is 11.6 Å². The van der Waals surface area contributed by atoms with Gasteiger partial charge in [0, 0.05) is 5.56 Å². The monoisotopic (exact) mass is 344 g/mol. The van der Waals surface area contributed by atoms with Crippen molar-refractivity contribution in [3.05, 3.63) is 22.7 Å². The molecule has 2 aromatic rings. The molecular weight excluding hydrogens is 336 g/mol. The minimum Gasteiger partial charge on any atom is -0.496 e. The molecule has 2 rings (SSSR count). The molecule has 0 unspecified atom stereocenters. The average molecular weight is 345 g/mol. The summed E-state index contributed by atoms with van der Waals surface area (Å²) in [6, 6.07) is 5.34. The van der Waals surface area contributed by atoms with Crippen LogP contribution in [-0.2, 0) is 4.79 Å². The van der Waals surface area contributed by atoms with Crippen molar-refractivity contribution in [1.82, 2.24) is 10.2 Å². The van der Waals surface area contributed by atoms with Crippen molar-refractivity contribution in [2.75, 3.05) is 12.9 Å². The Morgan fingerprint density at radius 1 is 1.53 bits per heavy atom. The molecule has 1 aromatic heterocycles. The quantitative estimate of drug-likeness (QED) is 0.834. The Balaban J connectivity index is 2.18. The van der Waals surface area contributed by atoms with E-state index >= 15 is 0 Å². The van der Waals surface area contributed by atoms with Crippen LogP contribution in [0.4, 0.5) is 0 Å². The van der Waals surface area contributed by atoms with Crippen LogP contribution >= 0.6 is 27.7 Å². The van der Waals surface area contributed by atoms with Gasteiger partial charge in [0.25, 0.3) is 5.22 Å². The maximum Gasteiger partial charge on any atom is 0.314 e. The molecule has 0 atom stereocenters. The number of aliphatic carboxylic acids is 1. The van der Waals surface area contributed by atoms with Crippen molar-refractivity contribution in [1.29, 1.82) is 0 Å². The van der Waals surface area contributed by atoms with Crippen LogP contribution in [-0.4, -0.2) is 34.1 Å². The van der Waals surface area contributed by atoms with Crippen LogP contribution in [0.25, 0.3) is 11.5 Å². The molecule has 0 amide bonds. The van der Waals surface area contributed by atoms with Gasteiger partial charge in [-0.05, 0) is 34.1 Å².